The molecule has 5 nitrogen and oxygen atoms in total. The number of carbonyl (C=O) groups is 1. The van der Waals surface area contributed by atoms with E-state index in [2.05, 4.69) is 10.6 Å². The average Bonchev–Trinajstić information content (AvgIpc) is 2.14. The van der Waals surface area contributed by atoms with E-state index in [1.807, 2.05) is 13.8 Å². The summed E-state index contributed by atoms with van der Waals surface area (Å²) in [6.07, 6.45) is 5.29. The van der Waals surface area contributed by atoms with Gasteiger partial charge in [-0.3, -0.25) is 4.79 Å². The number of rotatable bonds is 7. The maximum absolute atomic E-state index is 11.5. The molecule has 0 rings (SSSR count). The topological polar surface area (TPSA) is 83.5 Å². The Kier molecular flexibility index (Phi) is 6.08. The third-order valence-corrected chi connectivity index (χ3v) is 3.32. The number of nitrogens with one attached hydrogen (secondary N) is 1. The van der Waals surface area contributed by atoms with E-state index in [1.54, 1.807) is 0 Å². The minimum absolute atomic E-state index is 0.0843. The smallest absolute Gasteiger partial charge is 0.322 e. The first-order valence-corrected chi connectivity index (χ1v) is 6.60. The summed E-state index contributed by atoms with van der Waals surface area (Å²) in [6.45, 7) is 3.79. The molecule has 0 fully saturated rings. The van der Waals surface area contributed by atoms with Gasteiger partial charge in [0.05, 0.1) is 5.75 Å². The summed E-state index contributed by atoms with van der Waals surface area (Å²) in [5.74, 6) is 1.03. The molecule has 0 aromatic carbocycles. The van der Waals surface area contributed by atoms with Gasteiger partial charge in [-0.25, -0.2) is 8.42 Å². The maximum atomic E-state index is 11.5. The van der Waals surface area contributed by atoms with Crippen LogP contribution in [0.25, 0.3) is 0 Å². The van der Waals surface area contributed by atoms with Crippen molar-refractivity contribution in [1.82, 2.24) is 4.72 Å². The molecule has 0 aromatic heterocycles. The lowest BCUT2D eigenvalue weighted by Crippen LogP contribution is -2.41. The molecule has 0 aliphatic heterocycles. The number of carboxylic acid groups (broad SMARTS) is 1. The molecule has 6 heteroatoms. The van der Waals surface area contributed by atoms with Gasteiger partial charge in [0.2, 0.25) is 10.0 Å². The number of aliphatic carboxylic acids is 1. The fourth-order valence-corrected chi connectivity index (χ4v) is 2.48. The molecule has 0 saturated heterocycles. The Morgan fingerprint density at radius 1 is 1.50 bits per heavy atom. The van der Waals surface area contributed by atoms with E-state index in [9.17, 15) is 13.2 Å². The van der Waals surface area contributed by atoms with Crippen molar-refractivity contribution < 1.29 is 18.3 Å². The molecule has 2 N–H and O–H groups in total. The molecule has 16 heavy (non-hydrogen) atoms. The van der Waals surface area contributed by atoms with E-state index in [-0.39, 0.29) is 18.1 Å². The third kappa shape index (κ3) is 6.43. The van der Waals surface area contributed by atoms with Gasteiger partial charge in [-0.2, -0.15) is 4.72 Å². The Labute approximate surface area is 96.3 Å². The molecule has 0 spiro atoms. The van der Waals surface area contributed by atoms with Gasteiger partial charge in [0.15, 0.2) is 0 Å². The Morgan fingerprint density at radius 3 is 2.44 bits per heavy atom. The van der Waals surface area contributed by atoms with Gasteiger partial charge in [-0.05, 0) is 12.3 Å². The predicted molar refractivity (Wildman–Crippen MR) is 61.3 cm³/mol. The largest absolute Gasteiger partial charge is 0.480 e. The molecule has 1 unspecified atom stereocenters. The van der Waals surface area contributed by atoms with Crippen molar-refractivity contribution in [2.45, 2.75) is 32.7 Å². The van der Waals surface area contributed by atoms with Crippen LogP contribution in [0, 0.1) is 18.3 Å². The zero-order chi connectivity index (χ0) is 12.8. The average molecular weight is 247 g/mol. The number of sulfonamides is 1. The molecule has 0 aliphatic rings. The van der Waals surface area contributed by atoms with Gasteiger partial charge in [-0.15, -0.1) is 12.3 Å². The van der Waals surface area contributed by atoms with E-state index in [1.165, 1.54) is 0 Å². The molecule has 0 aliphatic carbocycles. The van der Waals surface area contributed by atoms with Crippen molar-refractivity contribution in [3.8, 4) is 12.3 Å². The van der Waals surface area contributed by atoms with Crippen LogP contribution in [0.1, 0.15) is 26.7 Å². The van der Waals surface area contributed by atoms with Crippen LogP contribution >= 0.6 is 0 Å². The number of carboxylic acids is 1. The van der Waals surface area contributed by atoms with E-state index in [0.29, 0.717) is 6.42 Å². The molecule has 0 saturated carbocycles. The normalized spacial score (nSPS) is 13.4. The monoisotopic (exact) mass is 247 g/mol. The molecule has 0 amide bonds. The highest BCUT2D eigenvalue weighted by molar-refractivity contribution is 7.89. The number of hydrogen-bond donors (Lipinski definition) is 2. The standard InChI is InChI=1S/C10H17NO4S/c1-4-5-9(10(12)13)11-16(14,15)7-6-8(2)3/h1,8-9,11H,5-7H2,2-3H3,(H,12,13). The molecule has 0 aromatic rings. The molecule has 1 atom stereocenters. The van der Waals surface area contributed by atoms with Crippen molar-refractivity contribution >= 4 is 16.0 Å². The van der Waals surface area contributed by atoms with Gasteiger partial charge >= 0.3 is 5.97 Å². The van der Waals surface area contributed by atoms with Crippen LogP contribution in [-0.2, 0) is 14.8 Å². The van der Waals surface area contributed by atoms with Crippen molar-refractivity contribution in [3.63, 3.8) is 0 Å². The highest BCUT2D eigenvalue weighted by atomic mass is 32.2. The van der Waals surface area contributed by atoms with Crippen LogP contribution in [0.5, 0.6) is 0 Å². The van der Waals surface area contributed by atoms with Gasteiger partial charge in [0.1, 0.15) is 6.04 Å². The quantitative estimate of drug-likeness (QED) is 0.639. The molecular weight excluding hydrogens is 230 g/mol. The fraction of sp³-hybridized carbons (Fsp3) is 0.700. The predicted octanol–water partition coefficient (Wildman–Crippen LogP) is 0.428. The second-order valence-corrected chi connectivity index (χ2v) is 5.79. The van der Waals surface area contributed by atoms with Crippen LogP contribution in [0.15, 0.2) is 0 Å². The number of hydrogen-bond acceptors (Lipinski definition) is 3. The lowest BCUT2D eigenvalue weighted by molar-refractivity contribution is -0.138. The molecule has 0 radical (unpaired) electrons. The van der Waals surface area contributed by atoms with E-state index < -0.39 is 22.0 Å². The Balaban J connectivity index is 4.43. The summed E-state index contributed by atoms with van der Waals surface area (Å²) in [5.41, 5.74) is 0. The highest BCUT2D eigenvalue weighted by Crippen LogP contribution is 2.03. The molecule has 92 valence electrons. The molecule has 0 bridgehead atoms. The second-order valence-electron chi connectivity index (χ2n) is 3.92. The zero-order valence-corrected chi connectivity index (χ0v) is 10.3. The van der Waals surface area contributed by atoms with Gasteiger partial charge in [0, 0.05) is 6.42 Å². The Bertz CT molecular complexity index is 367. The molecular formula is C10H17NO4S. The third-order valence-electron chi connectivity index (χ3n) is 1.91. The SMILES string of the molecule is C#CCC(NS(=O)(=O)CCC(C)C)C(=O)O. The second kappa shape index (κ2) is 6.51. The van der Waals surface area contributed by atoms with Crippen molar-refractivity contribution in [3.05, 3.63) is 0 Å². The zero-order valence-electron chi connectivity index (χ0n) is 9.43. The Morgan fingerprint density at radius 2 is 2.06 bits per heavy atom. The summed E-state index contributed by atoms with van der Waals surface area (Å²) in [5, 5.41) is 8.72. The first-order chi connectivity index (χ1) is 7.28. The van der Waals surface area contributed by atoms with Crippen molar-refractivity contribution in [2.24, 2.45) is 5.92 Å². The summed E-state index contributed by atoms with van der Waals surface area (Å²) in [7, 11) is -3.57. The number of terminal acetylenes is 1. The Hall–Kier alpha value is -1.06. The van der Waals surface area contributed by atoms with E-state index >= 15 is 0 Å². The molecule has 0 heterocycles. The van der Waals surface area contributed by atoms with Crippen LogP contribution in [0.4, 0.5) is 0 Å². The first-order valence-electron chi connectivity index (χ1n) is 4.94. The maximum Gasteiger partial charge on any atom is 0.322 e. The van der Waals surface area contributed by atoms with Gasteiger partial charge in [0.25, 0.3) is 0 Å². The summed E-state index contributed by atoms with van der Waals surface area (Å²) in [6, 6.07) is -1.23. The summed E-state index contributed by atoms with van der Waals surface area (Å²) in [4.78, 5) is 10.7. The van der Waals surface area contributed by atoms with E-state index in [0.717, 1.165) is 0 Å². The van der Waals surface area contributed by atoms with Crippen LogP contribution in [-0.4, -0.2) is 31.3 Å². The van der Waals surface area contributed by atoms with Crippen LogP contribution in [0.3, 0.4) is 0 Å². The van der Waals surface area contributed by atoms with Crippen LogP contribution in [0.2, 0.25) is 0 Å². The van der Waals surface area contributed by atoms with E-state index in [4.69, 9.17) is 11.5 Å². The van der Waals surface area contributed by atoms with Crippen molar-refractivity contribution in [1.29, 1.82) is 0 Å². The minimum atomic E-state index is -3.57. The fourth-order valence-electron chi connectivity index (χ4n) is 0.964. The summed E-state index contributed by atoms with van der Waals surface area (Å²) >= 11 is 0. The highest BCUT2D eigenvalue weighted by Gasteiger charge is 2.22. The summed E-state index contributed by atoms with van der Waals surface area (Å²) < 4.78 is 25.0. The van der Waals surface area contributed by atoms with Gasteiger partial charge in [-0.1, -0.05) is 13.8 Å². The first kappa shape index (κ1) is 14.9. The van der Waals surface area contributed by atoms with Crippen LogP contribution < -0.4 is 4.72 Å². The minimum Gasteiger partial charge on any atom is -0.480 e. The lowest BCUT2D eigenvalue weighted by Gasteiger charge is -2.12. The van der Waals surface area contributed by atoms with Gasteiger partial charge < -0.3 is 5.11 Å². The van der Waals surface area contributed by atoms with Crippen molar-refractivity contribution in [2.75, 3.05) is 5.75 Å². The lowest BCUT2D eigenvalue weighted by atomic mass is 10.2.